The molecule has 0 saturated carbocycles. The van der Waals surface area contributed by atoms with Crippen molar-refractivity contribution >= 4 is 40.9 Å². The predicted octanol–water partition coefficient (Wildman–Crippen LogP) is 5.41. The summed E-state index contributed by atoms with van der Waals surface area (Å²) in [7, 11) is 0. The van der Waals surface area contributed by atoms with E-state index in [-0.39, 0.29) is 11.9 Å². The minimum atomic E-state index is 0.00803. The van der Waals surface area contributed by atoms with Gasteiger partial charge in [0.15, 0.2) is 0 Å². The Kier molecular flexibility index (Phi) is 6.82. The van der Waals surface area contributed by atoms with Gasteiger partial charge in [-0.3, -0.25) is 4.79 Å². The van der Waals surface area contributed by atoms with Gasteiger partial charge >= 0.3 is 0 Å². The number of hydrogen-bond acceptors (Lipinski definition) is 2. The van der Waals surface area contributed by atoms with Crippen molar-refractivity contribution in [3.8, 4) is 0 Å². The summed E-state index contributed by atoms with van der Waals surface area (Å²) < 4.78 is 0. The third kappa shape index (κ3) is 5.76. The first-order valence-electron chi connectivity index (χ1n) is 7.33. The molecule has 2 nitrogen and oxygen atoms in total. The number of rotatable bonds is 6. The van der Waals surface area contributed by atoms with Crippen LogP contribution in [-0.4, -0.2) is 11.7 Å². The summed E-state index contributed by atoms with van der Waals surface area (Å²) in [5.41, 5.74) is 3.38. The molecule has 0 fully saturated rings. The Morgan fingerprint density at radius 2 is 1.83 bits per heavy atom. The Bertz CT molecular complexity index is 673. The summed E-state index contributed by atoms with van der Waals surface area (Å²) in [6.07, 6.45) is 0. The van der Waals surface area contributed by atoms with E-state index >= 15 is 0 Å². The molecule has 0 aromatic heterocycles. The molecular formula is C18H19Cl2NOS. The van der Waals surface area contributed by atoms with E-state index in [4.69, 9.17) is 23.2 Å². The SMILES string of the molecule is Cc1ccc([C@@H](C)NC(=O)CSCc2ccc(Cl)c(Cl)c2)cc1. The molecule has 0 aliphatic heterocycles. The molecule has 0 heterocycles. The second-order valence-electron chi connectivity index (χ2n) is 5.44. The number of hydrogen-bond donors (Lipinski definition) is 1. The maximum atomic E-state index is 12.0. The fraction of sp³-hybridized carbons (Fsp3) is 0.278. The molecule has 2 rings (SSSR count). The number of thioether (sulfide) groups is 1. The van der Waals surface area contributed by atoms with Crippen molar-refractivity contribution < 1.29 is 4.79 Å². The first kappa shape index (κ1) is 18.2. The Morgan fingerprint density at radius 1 is 1.13 bits per heavy atom. The lowest BCUT2D eigenvalue weighted by atomic mass is 10.1. The summed E-state index contributed by atoms with van der Waals surface area (Å²) in [5, 5.41) is 4.11. The van der Waals surface area contributed by atoms with Crippen LogP contribution in [0.15, 0.2) is 42.5 Å². The van der Waals surface area contributed by atoms with E-state index < -0.39 is 0 Å². The maximum Gasteiger partial charge on any atom is 0.230 e. The summed E-state index contributed by atoms with van der Waals surface area (Å²) in [6, 6.07) is 13.7. The van der Waals surface area contributed by atoms with E-state index in [9.17, 15) is 4.79 Å². The van der Waals surface area contributed by atoms with Crippen LogP contribution in [0, 0.1) is 6.92 Å². The van der Waals surface area contributed by atoms with Crippen LogP contribution in [-0.2, 0) is 10.5 Å². The smallest absolute Gasteiger partial charge is 0.230 e. The van der Waals surface area contributed by atoms with E-state index in [0.29, 0.717) is 15.8 Å². The van der Waals surface area contributed by atoms with E-state index in [1.54, 1.807) is 17.8 Å². The van der Waals surface area contributed by atoms with Gasteiger partial charge in [0.1, 0.15) is 0 Å². The summed E-state index contributed by atoms with van der Waals surface area (Å²) in [6.45, 7) is 4.04. The van der Waals surface area contributed by atoms with Gasteiger partial charge in [0.05, 0.1) is 21.8 Å². The monoisotopic (exact) mass is 367 g/mol. The van der Waals surface area contributed by atoms with Gasteiger partial charge in [-0.1, -0.05) is 59.1 Å². The molecule has 0 saturated heterocycles. The largest absolute Gasteiger partial charge is 0.349 e. The first-order valence-corrected chi connectivity index (χ1v) is 9.24. The first-order chi connectivity index (χ1) is 11.0. The van der Waals surface area contributed by atoms with E-state index in [0.717, 1.165) is 16.9 Å². The fourth-order valence-corrected chi connectivity index (χ4v) is 3.22. The molecule has 1 amide bonds. The van der Waals surface area contributed by atoms with Gasteiger partial charge in [-0.05, 0) is 37.1 Å². The summed E-state index contributed by atoms with van der Waals surface area (Å²) in [5.74, 6) is 1.17. The highest BCUT2D eigenvalue weighted by Crippen LogP contribution is 2.24. The number of carbonyl (C=O) groups is 1. The highest BCUT2D eigenvalue weighted by molar-refractivity contribution is 7.99. The molecule has 0 bridgehead atoms. The normalized spacial score (nSPS) is 12.0. The molecule has 122 valence electrons. The molecule has 0 aliphatic carbocycles. The summed E-state index contributed by atoms with van der Waals surface area (Å²) >= 11 is 13.4. The van der Waals surface area contributed by atoms with Crippen molar-refractivity contribution in [1.82, 2.24) is 5.32 Å². The van der Waals surface area contributed by atoms with E-state index in [2.05, 4.69) is 17.4 Å². The van der Waals surface area contributed by atoms with Crippen LogP contribution in [0.25, 0.3) is 0 Å². The lowest BCUT2D eigenvalue weighted by molar-refractivity contribution is -0.119. The summed E-state index contributed by atoms with van der Waals surface area (Å²) in [4.78, 5) is 12.0. The highest BCUT2D eigenvalue weighted by atomic mass is 35.5. The van der Waals surface area contributed by atoms with Gasteiger partial charge in [-0.15, -0.1) is 11.8 Å². The Morgan fingerprint density at radius 3 is 2.48 bits per heavy atom. The van der Waals surface area contributed by atoms with Gasteiger partial charge < -0.3 is 5.32 Å². The van der Waals surface area contributed by atoms with Crippen molar-refractivity contribution in [3.63, 3.8) is 0 Å². The highest BCUT2D eigenvalue weighted by Gasteiger charge is 2.09. The molecule has 2 aromatic rings. The van der Waals surface area contributed by atoms with Crippen LogP contribution in [0.5, 0.6) is 0 Å². The van der Waals surface area contributed by atoms with Crippen molar-refractivity contribution in [2.75, 3.05) is 5.75 Å². The standard InChI is InChI=1S/C18H19Cl2NOS/c1-12-3-6-15(7-4-12)13(2)21-18(22)11-23-10-14-5-8-16(19)17(20)9-14/h3-9,13H,10-11H2,1-2H3,(H,21,22)/t13-/m1/s1. The van der Waals surface area contributed by atoms with Gasteiger partial charge in [0, 0.05) is 5.75 Å². The number of benzene rings is 2. The Hall–Kier alpha value is -1.16. The van der Waals surface area contributed by atoms with Crippen LogP contribution in [0.1, 0.15) is 29.7 Å². The minimum Gasteiger partial charge on any atom is -0.349 e. The number of aryl methyl sites for hydroxylation is 1. The molecule has 2 aromatic carbocycles. The molecule has 0 spiro atoms. The zero-order valence-corrected chi connectivity index (χ0v) is 15.4. The number of halogens is 2. The average molecular weight is 368 g/mol. The number of carbonyl (C=O) groups excluding carboxylic acids is 1. The van der Waals surface area contributed by atoms with Gasteiger partial charge in [0.2, 0.25) is 5.91 Å². The average Bonchev–Trinajstić information content (AvgIpc) is 2.51. The molecule has 0 radical (unpaired) electrons. The van der Waals surface area contributed by atoms with Gasteiger partial charge in [-0.25, -0.2) is 0 Å². The predicted molar refractivity (Wildman–Crippen MR) is 100 cm³/mol. The molecule has 0 aliphatic rings. The fourth-order valence-electron chi connectivity index (χ4n) is 2.11. The van der Waals surface area contributed by atoms with Crippen LogP contribution in [0.2, 0.25) is 10.0 Å². The van der Waals surface area contributed by atoms with Crippen LogP contribution in [0.4, 0.5) is 0 Å². The van der Waals surface area contributed by atoms with Crippen molar-refractivity contribution in [2.45, 2.75) is 25.6 Å². The molecule has 0 unspecified atom stereocenters. The third-order valence-corrected chi connectivity index (χ3v) is 5.18. The number of amides is 1. The lowest BCUT2D eigenvalue weighted by Crippen LogP contribution is -2.28. The molecule has 1 N–H and O–H groups in total. The van der Waals surface area contributed by atoms with E-state index in [1.165, 1.54) is 5.56 Å². The van der Waals surface area contributed by atoms with Gasteiger partial charge in [0.25, 0.3) is 0 Å². The lowest BCUT2D eigenvalue weighted by Gasteiger charge is -2.14. The Balaban J connectivity index is 1.78. The van der Waals surface area contributed by atoms with Crippen molar-refractivity contribution in [3.05, 3.63) is 69.2 Å². The van der Waals surface area contributed by atoms with Crippen molar-refractivity contribution in [2.24, 2.45) is 0 Å². The van der Waals surface area contributed by atoms with Gasteiger partial charge in [-0.2, -0.15) is 0 Å². The van der Waals surface area contributed by atoms with Crippen LogP contribution >= 0.6 is 35.0 Å². The molecular weight excluding hydrogens is 349 g/mol. The molecule has 23 heavy (non-hydrogen) atoms. The van der Waals surface area contributed by atoms with Crippen LogP contribution < -0.4 is 5.32 Å². The Labute approximate surface area is 151 Å². The van der Waals surface area contributed by atoms with E-state index in [1.807, 2.05) is 38.1 Å². The van der Waals surface area contributed by atoms with Crippen molar-refractivity contribution in [1.29, 1.82) is 0 Å². The molecule has 1 atom stereocenters. The second-order valence-corrected chi connectivity index (χ2v) is 7.24. The maximum absolute atomic E-state index is 12.0. The van der Waals surface area contributed by atoms with Crippen LogP contribution in [0.3, 0.4) is 0 Å². The zero-order chi connectivity index (χ0) is 16.8. The topological polar surface area (TPSA) is 29.1 Å². The minimum absolute atomic E-state index is 0.00803. The quantitative estimate of drug-likeness (QED) is 0.738. The third-order valence-electron chi connectivity index (χ3n) is 3.44. The zero-order valence-electron chi connectivity index (χ0n) is 13.1. The molecule has 5 heteroatoms. The number of nitrogens with one attached hydrogen (secondary N) is 1. The second kappa shape index (κ2) is 8.62.